The van der Waals surface area contributed by atoms with Gasteiger partial charge in [-0.3, -0.25) is 0 Å². The first-order valence-corrected chi connectivity index (χ1v) is 8.76. The quantitative estimate of drug-likeness (QED) is 0.510. The Bertz CT molecular complexity index is 167. The molecule has 1 unspecified atom stereocenters. The van der Waals surface area contributed by atoms with Gasteiger partial charge in [-0.05, 0) is 0 Å². The van der Waals surface area contributed by atoms with Crippen molar-refractivity contribution < 1.29 is 29.4 Å². The number of hydrogen-bond acceptors (Lipinski definition) is 3. The van der Waals surface area contributed by atoms with Gasteiger partial charge in [0.25, 0.3) is 0 Å². The summed E-state index contributed by atoms with van der Waals surface area (Å²) in [6.07, 6.45) is 4.86. The van der Waals surface area contributed by atoms with E-state index < -0.39 is 0 Å². The van der Waals surface area contributed by atoms with Crippen molar-refractivity contribution in [2.24, 2.45) is 11.7 Å². The first kappa shape index (κ1) is 13.7. The molecule has 0 amide bonds. The molecule has 0 saturated carbocycles. The summed E-state index contributed by atoms with van der Waals surface area (Å²) in [5.41, 5.74) is 6.01. The van der Waals surface area contributed by atoms with Gasteiger partial charge in [-0.25, -0.2) is 0 Å². The summed E-state index contributed by atoms with van der Waals surface area (Å²) in [7, 11) is 0. The Morgan fingerprint density at radius 1 is 1.40 bits per heavy atom. The summed E-state index contributed by atoms with van der Waals surface area (Å²) >= 11 is -0.0836. The maximum atomic E-state index is 6.01. The summed E-state index contributed by atoms with van der Waals surface area (Å²) in [4.78, 5) is 2.16. The Balaban J connectivity index is 2.47. The molecule has 1 saturated heterocycles. The van der Waals surface area contributed by atoms with Crippen LogP contribution in [0.2, 0.25) is 0 Å². The fraction of sp³-hybridized carbons (Fsp3) is 1.00. The fourth-order valence-electron chi connectivity index (χ4n) is 2.02. The van der Waals surface area contributed by atoms with E-state index in [1.54, 1.807) is 0 Å². The van der Waals surface area contributed by atoms with Crippen LogP contribution in [0.3, 0.4) is 0 Å². The van der Waals surface area contributed by atoms with E-state index in [0.29, 0.717) is 12.0 Å². The molecular formula is C11H23INO2-. The van der Waals surface area contributed by atoms with E-state index in [1.165, 1.54) is 6.42 Å². The molecule has 1 aliphatic heterocycles. The van der Waals surface area contributed by atoms with Crippen molar-refractivity contribution in [2.75, 3.05) is 18.1 Å². The van der Waals surface area contributed by atoms with Gasteiger partial charge in [-0.2, -0.15) is 0 Å². The van der Waals surface area contributed by atoms with Crippen LogP contribution in [0.5, 0.6) is 0 Å². The SMILES string of the molecule is C[I-]OC1CCOCCC[C@@H]([C@H](C)N)C1. The van der Waals surface area contributed by atoms with Crippen molar-refractivity contribution in [2.45, 2.75) is 44.8 Å². The van der Waals surface area contributed by atoms with E-state index in [-0.39, 0.29) is 27.7 Å². The first-order chi connectivity index (χ1) is 7.24. The second-order valence-electron chi connectivity index (χ2n) is 4.26. The summed E-state index contributed by atoms with van der Waals surface area (Å²) < 4.78 is 11.4. The van der Waals surface area contributed by atoms with E-state index >= 15 is 0 Å². The topological polar surface area (TPSA) is 44.5 Å². The molecule has 3 nitrogen and oxygen atoms in total. The van der Waals surface area contributed by atoms with Gasteiger partial charge in [0, 0.05) is 0 Å². The standard InChI is InChI=1S/C11H23INO2/c1-9(13)10-4-3-6-14-7-5-11(8-10)15-12-2/h9-11H,3-8,13H2,1-2H3/q-1/t9-,10+,11?/m0/s1. The molecule has 1 aliphatic rings. The van der Waals surface area contributed by atoms with Crippen molar-refractivity contribution in [1.82, 2.24) is 0 Å². The second kappa shape index (κ2) is 7.81. The van der Waals surface area contributed by atoms with Crippen LogP contribution in [-0.4, -0.2) is 30.3 Å². The predicted molar refractivity (Wildman–Crippen MR) is 57.2 cm³/mol. The van der Waals surface area contributed by atoms with Gasteiger partial charge in [0.15, 0.2) is 0 Å². The summed E-state index contributed by atoms with van der Waals surface area (Å²) in [6.45, 7) is 3.85. The number of ether oxygens (including phenoxy) is 1. The van der Waals surface area contributed by atoms with Crippen molar-refractivity contribution in [3.8, 4) is 0 Å². The minimum atomic E-state index is -0.0836. The zero-order valence-corrected chi connectivity index (χ0v) is 11.9. The molecule has 0 radical (unpaired) electrons. The van der Waals surface area contributed by atoms with Crippen molar-refractivity contribution in [1.29, 1.82) is 0 Å². The third-order valence-electron chi connectivity index (χ3n) is 2.97. The molecule has 0 aromatic rings. The van der Waals surface area contributed by atoms with E-state index in [0.717, 1.165) is 32.5 Å². The van der Waals surface area contributed by atoms with Gasteiger partial charge < -0.3 is 0 Å². The zero-order chi connectivity index (χ0) is 11.1. The molecule has 0 bridgehead atoms. The summed E-state index contributed by atoms with van der Waals surface area (Å²) in [6, 6.07) is 0.282. The zero-order valence-electron chi connectivity index (χ0n) is 9.75. The van der Waals surface area contributed by atoms with Crippen molar-refractivity contribution in [3.05, 3.63) is 0 Å². The van der Waals surface area contributed by atoms with Gasteiger partial charge >= 0.3 is 104 Å². The average molecular weight is 328 g/mol. The van der Waals surface area contributed by atoms with Crippen molar-refractivity contribution >= 4 is 0 Å². The van der Waals surface area contributed by atoms with Gasteiger partial charge in [0.2, 0.25) is 0 Å². The fourth-order valence-corrected chi connectivity index (χ4v) is 3.20. The van der Waals surface area contributed by atoms with E-state index in [9.17, 15) is 0 Å². The average Bonchev–Trinajstić information content (AvgIpc) is 2.30. The third-order valence-corrected chi connectivity index (χ3v) is 4.20. The number of nitrogens with two attached hydrogens (primary N) is 1. The normalized spacial score (nSPS) is 31.7. The van der Waals surface area contributed by atoms with Gasteiger partial charge in [0.05, 0.1) is 0 Å². The Labute approximate surface area is 104 Å². The molecule has 92 valence electrons. The predicted octanol–water partition coefficient (Wildman–Crippen LogP) is -1.44. The van der Waals surface area contributed by atoms with Crippen LogP contribution in [0, 0.1) is 5.92 Å². The number of hydrogen-bond donors (Lipinski definition) is 1. The third kappa shape index (κ3) is 5.47. The number of halogens is 1. The van der Waals surface area contributed by atoms with Crippen LogP contribution in [0.25, 0.3) is 0 Å². The van der Waals surface area contributed by atoms with Crippen LogP contribution < -0.4 is 27.4 Å². The second-order valence-corrected chi connectivity index (χ2v) is 5.65. The van der Waals surface area contributed by atoms with E-state index in [1.807, 2.05) is 0 Å². The van der Waals surface area contributed by atoms with Gasteiger partial charge in [-0.1, -0.05) is 0 Å². The molecule has 3 atom stereocenters. The maximum absolute atomic E-state index is 6.01. The van der Waals surface area contributed by atoms with E-state index in [4.69, 9.17) is 13.5 Å². The first-order valence-electron chi connectivity index (χ1n) is 5.72. The minimum absolute atomic E-state index is 0.0836. The Hall–Kier alpha value is 0.610. The molecule has 0 aromatic heterocycles. The molecule has 4 heteroatoms. The summed E-state index contributed by atoms with van der Waals surface area (Å²) in [5, 5.41) is 0. The van der Waals surface area contributed by atoms with Gasteiger partial charge in [0.1, 0.15) is 0 Å². The molecule has 15 heavy (non-hydrogen) atoms. The molecule has 1 rings (SSSR count). The summed E-state index contributed by atoms with van der Waals surface area (Å²) in [5.74, 6) is 0.604. The molecule has 1 heterocycles. The Kier molecular flexibility index (Phi) is 7.12. The number of rotatable bonds is 3. The molecule has 0 spiro atoms. The van der Waals surface area contributed by atoms with Crippen LogP contribution in [0.15, 0.2) is 0 Å². The van der Waals surface area contributed by atoms with Crippen LogP contribution in [0.4, 0.5) is 0 Å². The molecule has 0 aromatic carbocycles. The molecule has 2 N–H and O–H groups in total. The number of alkyl halides is 1. The molecule has 1 fully saturated rings. The monoisotopic (exact) mass is 328 g/mol. The van der Waals surface area contributed by atoms with Gasteiger partial charge in [-0.15, -0.1) is 0 Å². The Morgan fingerprint density at radius 2 is 2.20 bits per heavy atom. The molecule has 0 aliphatic carbocycles. The van der Waals surface area contributed by atoms with E-state index in [2.05, 4.69) is 11.9 Å². The Morgan fingerprint density at radius 3 is 2.87 bits per heavy atom. The van der Waals surface area contributed by atoms with Crippen LogP contribution >= 0.6 is 0 Å². The van der Waals surface area contributed by atoms with Crippen LogP contribution in [0.1, 0.15) is 32.6 Å². The molecular weight excluding hydrogens is 305 g/mol. The van der Waals surface area contributed by atoms with Crippen molar-refractivity contribution in [3.63, 3.8) is 0 Å². The van der Waals surface area contributed by atoms with Crippen LogP contribution in [-0.2, 0) is 7.80 Å².